The molecular formula is C27H22Br2N4O3. The second-order valence-electron chi connectivity index (χ2n) is 8.81. The van der Waals surface area contributed by atoms with E-state index in [1.54, 1.807) is 32.0 Å². The second kappa shape index (κ2) is 9.63. The van der Waals surface area contributed by atoms with Crippen molar-refractivity contribution in [1.82, 2.24) is 0 Å². The van der Waals surface area contributed by atoms with E-state index in [0.29, 0.717) is 28.4 Å². The molecular weight excluding hydrogens is 588 g/mol. The zero-order chi connectivity index (χ0) is 25.6. The van der Waals surface area contributed by atoms with Crippen LogP contribution in [0.2, 0.25) is 0 Å². The lowest BCUT2D eigenvalue weighted by Crippen LogP contribution is -2.40. The first kappa shape index (κ1) is 24.4. The summed E-state index contributed by atoms with van der Waals surface area (Å²) < 4.78 is 1.79. The lowest BCUT2D eigenvalue weighted by Gasteiger charge is -2.28. The number of benzene rings is 3. The molecule has 0 aliphatic carbocycles. The van der Waals surface area contributed by atoms with Gasteiger partial charge in [0, 0.05) is 26.3 Å². The van der Waals surface area contributed by atoms with Crippen molar-refractivity contribution >= 4 is 66.5 Å². The summed E-state index contributed by atoms with van der Waals surface area (Å²) >= 11 is 6.84. The quantitative estimate of drug-likeness (QED) is 0.380. The standard InChI is InChI=1S/C27H22Br2N4O3/c1-15-23(26(35)32(30-15)20-10-6-18(28)7-11-20)25(17-4-3-5-22(34)14-17)24-16(2)31-33(27(24)36)21-12-8-19(29)9-13-21/h3-14,23-25,34H,1-2H3. The van der Waals surface area contributed by atoms with E-state index in [4.69, 9.17) is 0 Å². The number of halogens is 2. The summed E-state index contributed by atoms with van der Waals surface area (Å²) in [5, 5.41) is 22.2. The van der Waals surface area contributed by atoms with Gasteiger partial charge in [-0.1, -0.05) is 44.0 Å². The number of hydrazone groups is 2. The minimum Gasteiger partial charge on any atom is -0.508 e. The molecule has 182 valence electrons. The highest BCUT2D eigenvalue weighted by molar-refractivity contribution is 9.10. The Balaban J connectivity index is 1.56. The van der Waals surface area contributed by atoms with Crippen molar-refractivity contribution in [3.05, 3.63) is 87.3 Å². The first-order valence-corrected chi connectivity index (χ1v) is 12.9. The van der Waals surface area contributed by atoms with Crippen LogP contribution in [0.1, 0.15) is 25.3 Å². The lowest BCUT2D eigenvalue weighted by atomic mass is 9.73. The molecule has 0 bridgehead atoms. The van der Waals surface area contributed by atoms with Gasteiger partial charge in [-0.3, -0.25) is 9.59 Å². The molecule has 7 nitrogen and oxygen atoms in total. The van der Waals surface area contributed by atoms with Gasteiger partial charge in [0.25, 0.3) is 11.8 Å². The molecule has 0 aromatic heterocycles. The van der Waals surface area contributed by atoms with Crippen LogP contribution in [0.3, 0.4) is 0 Å². The number of hydrogen-bond donors (Lipinski definition) is 1. The molecule has 1 N–H and O–H groups in total. The molecule has 3 aromatic rings. The molecule has 0 saturated heterocycles. The molecule has 9 heteroatoms. The molecule has 0 radical (unpaired) electrons. The first-order chi connectivity index (χ1) is 17.2. The third kappa shape index (κ3) is 4.37. The minimum atomic E-state index is -0.709. The summed E-state index contributed by atoms with van der Waals surface area (Å²) in [7, 11) is 0. The predicted octanol–water partition coefficient (Wildman–Crippen LogP) is 6.08. The Kier molecular flexibility index (Phi) is 6.53. The van der Waals surface area contributed by atoms with Crippen LogP contribution in [0, 0.1) is 11.8 Å². The monoisotopic (exact) mass is 608 g/mol. The minimum absolute atomic E-state index is 0.0621. The van der Waals surface area contributed by atoms with Gasteiger partial charge in [-0.05, 0) is 80.1 Å². The van der Waals surface area contributed by atoms with Gasteiger partial charge in [-0.15, -0.1) is 0 Å². The lowest BCUT2D eigenvalue weighted by molar-refractivity contribution is -0.122. The highest BCUT2D eigenvalue weighted by Crippen LogP contribution is 2.43. The third-order valence-corrected chi connectivity index (χ3v) is 7.54. The number of hydrogen-bond acceptors (Lipinski definition) is 5. The van der Waals surface area contributed by atoms with Crippen LogP contribution < -0.4 is 10.0 Å². The van der Waals surface area contributed by atoms with Gasteiger partial charge in [0.15, 0.2) is 0 Å². The summed E-state index contributed by atoms with van der Waals surface area (Å²) in [6.45, 7) is 3.60. The van der Waals surface area contributed by atoms with E-state index in [1.807, 2.05) is 54.6 Å². The maximum absolute atomic E-state index is 13.8. The van der Waals surface area contributed by atoms with Gasteiger partial charge < -0.3 is 5.11 Å². The van der Waals surface area contributed by atoms with Crippen LogP contribution in [-0.2, 0) is 9.59 Å². The number of anilines is 2. The van der Waals surface area contributed by atoms with E-state index < -0.39 is 17.8 Å². The molecule has 36 heavy (non-hydrogen) atoms. The predicted molar refractivity (Wildman–Crippen MR) is 147 cm³/mol. The van der Waals surface area contributed by atoms with Gasteiger partial charge in [-0.25, -0.2) is 10.0 Å². The third-order valence-electron chi connectivity index (χ3n) is 6.48. The van der Waals surface area contributed by atoms with Gasteiger partial charge in [0.1, 0.15) is 5.75 Å². The van der Waals surface area contributed by atoms with Gasteiger partial charge in [0.2, 0.25) is 0 Å². The summed E-state index contributed by atoms with van der Waals surface area (Å²) in [4.78, 5) is 27.7. The van der Waals surface area contributed by atoms with Crippen LogP contribution in [0.15, 0.2) is 91.9 Å². The van der Waals surface area contributed by atoms with Gasteiger partial charge in [0.05, 0.1) is 23.2 Å². The molecule has 2 heterocycles. The molecule has 2 amide bonds. The van der Waals surface area contributed by atoms with Crippen molar-refractivity contribution in [2.75, 3.05) is 10.0 Å². The Morgan fingerprint density at radius 1 is 0.750 bits per heavy atom. The number of phenolic OH excluding ortho intramolecular Hbond substituents is 1. The zero-order valence-electron chi connectivity index (χ0n) is 19.5. The molecule has 0 spiro atoms. The Morgan fingerprint density at radius 3 is 1.61 bits per heavy atom. The molecule has 2 atom stereocenters. The summed E-state index contributed by atoms with van der Waals surface area (Å²) in [5.74, 6) is -2.42. The van der Waals surface area contributed by atoms with Crippen LogP contribution in [0.5, 0.6) is 5.75 Å². The Bertz CT molecular complexity index is 1320. The summed E-state index contributed by atoms with van der Waals surface area (Å²) in [6, 6.07) is 21.4. The summed E-state index contributed by atoms with van der Waals surface area (Å²) in [6.07, 6.45) is 0. The van der Waals surface area contributed by atoms with Crippen molar-refractivity contribution in [3.8, 4) is 5.75 Å². The van der Waals surface area contributed by atoms with Crippen molar-refractivity contribution in [3.63, 3.8) is 0 Å². The molecule has 2 aliphatic rings. The Morgan fingerprint density at radius 2 is 1.19 bits per heavy atom. The first-order valence-electron chi connectivity index (χ1n) is 11.3. The van der Waals surface area contributed by atoms with Crippen LogP contribution in [-0.4, -0.2) is 28.3 Å². The molecule has 3 aromatic carbocycles. The number of phenols is 1. The smallest absolute Gasteiger partial charge is 0.256 e. The highest BCUT2D eigenvalue weighted by atomic mass is 79.9. The van der Waals surface area contributed by atoms with Crippen molar-refractivity contribution in [1.29, 1.82) is 0 Å². The number of aromatic hydroxyl groups is 1. The Labute approximate surface area is 225 Å². The van der Waals surface area contributed by atoms with E-state index in [-0.39, 0.29) is 17.6 Å². The van der Waals surface area contributed by atoms with Crippen LogP contribution >= 0.6 is 31.9 Å². The number of amides is 2. The van der Waals surface area contributed by atoms with E-state index >= 15 is 0 Å². The molecule has 2 unspecified atom stereocenters. The topological polar surface area (TPSA) is 85.6 Å². The zero-order valence-corrected chi connectivity index (χ0v) is 22.6. The highest BCUT2D eigenvalue weighted by Gasteiger charge is 2.50. The van der Waals surface area contributed by atoms with E-state index in [0.717, 1.165) is 8.95 Å². The molecule has 0 fully saturated rings. The van der Waals surface area contributed by atoms with Gasteiger partial charge >= 0.3 is 0 Å². The summed E-state index contributed by atoms with van der Waals surface area (Å²) in [5.41, 5.74) is 3.14. The Hall–Kier alpha value is -3.30. The number of carbonyl (C=O) groups is 2. The molecule has 2 aliphatic heterocycles. The SMILES string of the molecule is CC1=NN(c2ccc(Br)cc2)C(=O)C1C(c1cccc(O)c1)C1C(=O)N(c2ccc(Br)cc2)N=C1C. The number of carbonyl (C=O) groups excluding carboxylic acids is 2. The van der Waals surface area contributed by atoms with E-state index in [9.17, 15) is 14.7 Å². The normalized spacial score (nSPS) is 20.6. The molecule has 0 saturated carbocycles. The van der Waals surface area contributed by atoms with Crippen LogP contribution in [0.4, 0.5) is 11.4 Å². The maximum Gasteiger partial charge on any atom is 0.256 e. The average Bonchev–Trinajstić information content (AvgIpc) is 3.31. The maximum atomic E-state index is 13.8. The number of nitrogens with zero attached hydrogens (tertiary/aromatic N) is 4. The van der Waals surface area contributed by atoms with Gasteiger partial charge in [-0.2, -0.15) is 10.2 Å². The fraction of sp³-hybridized carbons (Fsp3) is 0.185. The van der Waals surface area contributed by atoms with E-state index in [1.165, 1.54) is 10.0 Å². The molecule has 5 rings (SSSR count). The second-order valence-corrected chi connectivity index (χ2v) is 10.6. The number of rotatable bonds is 5. The van der Waals surface area contributed by atoms with Crippen molar-refractivity contribution in [2.45, 2.75) is 19.8 Å². The van der Waals surface area contributed by atoms with E-state index in [2.05, 4.69) is 42.1 Å². The average molecular weight is 610 g/mol. The van der Waals surface area contributed by atoms with Crippen molar-refractivity contribution < 1.29 is 14.7 Å². The van der Waals surface area contributed by atoms with Crippen LogP contribution in [0.25, 0.3) is 0 Å². The fourth-order valence-corrected chi connectivity index (χ4v) is 5.36. The fourth-order valence-electron chi connectivity index (χ4n) is 4.83. The van der Waals surface area contributed by atoms with Crippen molar-refractivity contribution in [2.24, 2.45) is 22.0 Å². The largest absolute Gasteiger partial charge is 0.508 e.